The van der Waals surface area contributed by atoms with Crippen LogP contribution in [0, 0.1) is 0 Å². The van der Waals surface area contributed by atoms with E-state index in [0.717, 1.165) is 11.8 Å². The number of likely N-dealkylation sites (tertiary alicyclic amines) is 1. The first-order chi connectivity index (χ1) is 10.3. The summed E-state index contributed by atoms with van der Waals surface area (Å²) >= 11 is 0. The molecule has 0 spiro atoms. The molecule has 1 aromatic heterocycles. The van der Waals surface area contributed by atoms with Gasteiger partial charge >= 0.3 is 0 Å². The predicted octanol–water partition coefficient (Wildman–Crippen LogP) is -0.268. The molecule has 1 aromatic carbocycles. The molecule has 2 heterocycles. The van der Waals surface area contributed by atoms with Crippen molar-refractivity contribution in [2.45, 2.75) is 12.5 Å². The zero-order chi connectivity index (χ0) is 15.9. The Morgan fingerprint density at radius 1 is 1.41 bits per heavy atom. The third-order valence-electron chi connectivity index (χ3n) is 3.71. The van der Waals surface area contributed by atoms with E-state index in [0.29, 0.717) is 30.6 Å². The number of rotatable bonds is 3. The van der Waals surface area contributed by atoms with Crippen LogP contribution in [0.3, 0.4) is 0 Å². The van der Waals surface area contributed by atoms with Crippen molar-refractivity contribution in [2.75, 3.05) is 19.3 Å². The summed E-state index contributed by atoms with van der Waals surface area (Å²) in [6.45, 7) is 0.912. The van der Waals surface area contributed by atoms with Crippen molar-refractivity contribution in [2.24, 2.45) is 7.05 Å². The first-order valence-corrected chi connectivity index (χ1v) is 8.78. The van der Waals surface area contributed by atoms with Crippen LogP contribution in [0.2, 0.25) is 0 Å². The lowest BCUT2D eigenvalue weighted by Gasteiger charge is -2.16. The van der Waals surface area contributed by atoms with E-state index in [1.807, 2.05) is 6.07 Å². The van der Waals surface area contributed by atoms with Gasteiger partial charge in [0.25, 0.3) is 5.91 Å². The molecule has 0 radical (unpaired) electrons. The number of fused-ring (bicyclic) bond motifs is 1. The summed E-state index contributed by atoms with van der Waals surface area (Å²) in [6, 6.07) is 5.04. The fourth-order valence-electron chi connectivity index (χ4n) is 2.70. The number of aryl methyl sites for hydroxylation is 1. The zero-order valence-corrected chi connectivity index (χ0v) is 13.2. The summed E-state index contributed by atoms with van der Waals surface area (Å²) in [5.41, 5.74) is 2.06. The maximum absolute atomic E-state index is 12.5. The summed E-state index contributed by atoms with van der Waals surface area (Å²) in [5, 5.41) is 7.91. The number of nitrogens with zero attached hydrogens (tertiary/aromatic N) is 4. The molecular formula is C13H17N5O3S. The SMILES string of the molecule is Cn1nnc2cc(C(=O)N3CCC(NS(C)(=O)=O)C3)ccc21. The van der Waals surface area contributed by atoms with Gasteiger partial charge in [-0.2, -0.15) is 0 Å². The fourth-order valence-corrected chi connectivity index (χ4v) is 3.50. The standard InChI is InChI=1S/C13H17N5O3S/c1-17-12-4-3-9(7-11(12)14-16-17)13(19)18-6-5-10(8-18)15-22(2,20)21/h3-4,7,10,15H,5-6,8H2,1-2H3. The van der Waals surface area contributed by atoms with Gasteiger partial charge in [0.05, 0.1) is 11.8 Å². The molecule has 1 atom stereocenters. The van der Waals surface area contributed by atoms with Crippen molar-refractivity contribution in [1.29, 1.82) is 0 Å². The molecule has 1 N–H and O–H groups in total. The van der Waals surface area contributed by atoms with Gasteiger partial charge in [0, 0.05) is 31.7 Å². The molecule has 1 unspecified atom stereocenters. The Labute approximate surface area is 128 Å². The third-order valence-corrected chi connectivity index (χ3v) is 4.48. The van der Waals surface area contributed by atoms with Gasteiger partial charge in [-0.05, 0) is 24.6 Å². The number of carbonyl (C=O) groups is 1. The van der Waals surface area contributed by atoms with E-state index in [1.54, 1.807) is 28.8 Å². The second-order valence-electron chi connectivity index (χ2n) is 5.54. The van der Waals surface area contributed by atoms with Gasteiger partial charge in [0.1, 0.15) is 5.52 Å². The van der Waals surface area contributed by atoms with Crippen LogP contribution >= 0.6 is 0 Å². The number of amides is 1. The summed E-state index contributed by atoms with van der Waals surface area (Å²) in [7, 11) is -1.47. The molecule has 1 fully saturated rings. The van der Waals surface area contributed by atoms with E-state index in [-0.39, 0.29) is 11.9 Å². The van der Waals surface area contributed by atoms with Crippen molar-refractivity contribution in [1.82, 2.24) is 24.6 Å². The van der Waals surface area contributed by atoms with Crippen LogP contribution in [0.4, 0.5) is 0 Å². The number of hydrogen-bond donors (Lipinski definition) is 1. The van der Waals surface area contributed by atoms with Crippen molar-refractivity contribution < 1.29 is 13.2 Å². The number of benzene rings is 1. The van der Waals surface area contributed by atoms with Crippen LogP contribution in [-0.4, -0.2) is 59.6 Å². The van der Waals surface area contributed by atoms with Gasteiger partial charge in [-0.15, -0.1) is 5.10 Å². The first-order valence-electron chi connectivity index (χ1n) is 6.89. The van der Waals surface area contributed by atoms with E-state index in [4.69, 9.17) is 0 Å². The lowest BCUT2D eigenvalue weighted by atomic mass is 10.2. The van der Waals surface area contributed by atoms with E-state index < -0.39 is 10.0 Å². The van der Waals surface area contributed by atoms with Gasteiger partial charge in [-0.1, -0.05) is 5.21 Å². The minimum atomic E-state index is -3.26. The molecule has 1 aliphatic rings. The zero-order valence-electron chi connectivity index (χ0n) is 12.4. The van der Waals surface area contributed by atoms with Crippen molar-refractivity contribution in [3.05, 3.63) is 23.8 Å². The number of aromatic nitrogens is 3. The number of carbonyl (C=O) groups excluding carboxylic acids is 1. The minimum Gasteiger partial charge on any atom is -0.337 e. The van der Waals surface area contributed by atoms with Gasteiger partial charge in [-0.3, -0.25) is 4.79 Å². The quantitative estimate of drug-likeness (QED) is 0.839. The summed E-state index contributed by atoms with van der Waals surface area (Å²) < 4.78 is 26.7. The summed E-state index contributed by atoms with van der Waals surface area (Å²) in [5.74, 6) is -0.120. The Hall–Kier alpha value is -2.00. The fraction of sp³-hybridized carbons (Fsp3) is 0.462. The monoisotopic (exact) mass is 323 g/mol. The Kier molecular flexibility index (Phi) is 3.61. The highest BCUT2D eigenvalue weighted by Crippen LogP contribution is 2.17. The molecule has 1 amide bonds. The number of hydrogen-bond acceptors (Lipinski definition) is 5. The second-order valence-corrected chi connectivity index (χ2v) is 7.32. The maximum atomic E-state index is 12.5. The third kappa shape index (κ3) is 2.95. The van der Waals surface area contributed by atoms with Crippen molar-refractivity contribution in [3.63, 3.8) is 0 Å². The topological polar surface area (TPSA) is 97.2 Å². The smallest absolute Gasteiger partial charge is 0.253 e. The molecule has 0 aliphatic carbocycles. The van der Waals surface area contributed by atoms with E-state index in [1.165, 1.54) is 0 Å². The number of sulfonamides is 1. The van der Waals surface area contributed by atoms with Crippen LogP contribution < -0.4 is 4.72 Å². The van der Waals surface area contributed by atoms with Crippen LogP contribution in [0.1, 0.15) is 16.8 Å². The maximum Gasteiger partial charge on any atom is 0.253 e. The average Bonchev–Trinajstić information content (AvgIpc) is 3.03. The lowest BCUT2D eigenvalue weighted by Crippen LogP contribution is -2.37. The molecule has 22 heavy (non-hydrogen) atoms. The van der Waals surface area contributed by atoms with Crippen molar-refractivity contribution >= 4 is 27.0 Å². The summed E-state index contributed by atoms with van der Waals surface area (Å²) in [4.78, 5) is 14.2. The lowest BCUT2D eigenvalue weighted by molar-refractivity contribution is 0.0790. The molecule has 0 saturated carbocycles. The van der Waals surface area contributed by atoms with E-state index in [9.17, 15) is 13.2 Å². The Morgan fingerprint density at radius 2 is 2.18 bits per heavy atom. The molecule has 1 saturated heterocycles. The molecule has 2 aromatic rings. The highest BCUT2D eigenvalue weighted by Gasteiger charge is 2.28. The van der Waals surface area contributed by atoms with E-state index in [2.05, 4.69) is 15.0 Å². The first kappa shape index (κ1) is 14.9. The van der Waals surface area contributed by atoms with Crippen LogP contribution in [-0.2, 0) is 17.1 Å². The highest BCUT2D eigenvalue weighted by atomic mass is 32.2. The highest BCUT2D eigenvalue weighted by molar-refractivity contribution is 7.88. The number of nitrogens with one attached hydrogen (secondary N) is 1. The second kappa shape index (κ2) is 5.33. The minimum absolute atomic E-state index is 0.120. The molecule has 9 heteroatoms. The van der Waals surface area contributed by atoms with Gasteiger partial charge in [0.15, 0.2) is 0 Å². The molecule has 0 bridgehead atoms. The van der Waals surface area contributed by atoms with Crippen LogP contribution in [0.25, 0.3) is 11.0 Å². The normalized spacial score (nSPS) is 19.0. The van der Waals surface area contributed by atoms with E-state index >= 15 is 0 Å². The molecule has 1 aliphatic heterocycles. The average molecular weight is 323 g/mol. The Balaban J connectivity index is 1.76. The van der Waals surface area contributed by atoms with Gasteiger partial charge in [-0.25, -0.2) is 17.8 Å². The molecule has 3 rings (SSSR count). The van der Waals surface area contributed by atoms with Gasteiger partial charge in [0.2, 0.25) is 10.0 Å². The van der Waals surface area contributed by atoms with Gasteiger partial charge < -0.3 is 4.90 Å². The molecule has 8 nitrogen and oxygen atoms in total. The van der Waals surface area contributed by atoms with Crippen LogP contribution in [0.15, 0.2) is 18.2 Å². The summed E-state index contributed by atoms with van der Waals surface area (Å²) in [6.07, 6.45) is 1.74. The van der Waals surface area contributed by atoms with Crippen LogP contribution in [0.5, 0.6) is 0 Å². The predicted molar refractivity (Wildman–Crippen MR) is 80.8 cm³/mol. The molecular weight excluding hydrogens is 306 g/mol. The Morgan fingerprint density at radius 3 is 2.91 bits per heavy atom. The van der Waals surface area contributed by atoms with Crippen molar-refractivity contribution in [3.8, 4) is 0 Å². The molecule has 118 valence electrons. The Bertz CT molecular complexity index is 829. The largest absolute Gasteiger partial charge is 0.337 e.